The molecule has 0 saturated carbocycles. The molecule has 3 rings (SSSR count). The van der Waals surface area contributed by atoms with Gasteiger partial charge in [0, 0.05) is 5.69 Å². The molecule has 1 aliphatic rings. The van der Waals surface area contributed by atoms with Crippen LogP contribution in [0.2, 0.25) is 0 Å². The van der Waals surface area contributed by atoms with E-state index in [2.05, 4.69) is 10.5 Å². The average Bonchev–Trinajstić information content (AvgIpc) is 2.59. The van der Waals surface area contributed by atoms with E-state index in [9.17, 15) is 4.79 Å². The zero-order valence-corrected chi connectivity index (χ0v) is 12.7. The standard InChI is InChI=1S/C17H17N3O3/c1-11(12-5-4-6-13(18)9-12)19-20-17(21)16-10-22-14-7-2-3-8-15(14)23-16/h2-9,16H,10,18H2,1H3,(H,20,21)/b19-11+. The van der Waals surface area contributed by atoms with Crippen molar-refractivity contribution in [3.8, 4) is 11.5 Å². The molecule has 1 heterocycles. The number of para-hydroxylation sites is 2. The third-order valence-corrected chi connectivity index (χ3v) is 3.44. The number of carbonyl (C=O) groups excluding carboxylic acids is 1. The maximum absolute atomic E-state index is 12.2. The van der Waals surface area contributed by atoms with Gasteiger partial charge >= 0.3 is 0 Å². The first-order chi connectivity index (χ1) is 11.1. The van der Waals surface area contributed by atoms with E-state index in [1.54, 1.807) is 31.2 Å². The van der Waals surface area contributed by atoms with E-state index in [-0.39, 0.29) is 12.5 Å². The number of rotatable bonds is 3. The molecular formula is C17H17N3O3. The van der Waals surface area contributed by atoms with Gasteiger partial charge in [-0.3, -0.25) is 4.79 Å². The van der Waals surface area contributed by atoms with E-state index >= 15 is 0 Å². The maximum Gasteiger partial charge on any atom is 0.284 e. The predicted molar refractivity (Wildman–Crippen MR) is 87.6 cm³/mol. The summed E-state index contributed by atoms with van der Waals surface area (Å²) in [6, 6.07) is 14.5. The van der Waals surface area contributed by atoms with Crippen molar-refractivity contribution in [2.24, 2.45) is 5.10 Å². The molecule has 0 bridgehead atoms. The summed E-state index contributed by atoms with van der Waals surface area (Å²) in [4.78, 5) is 12.2. The highest BCUT2D eigenvalue weighted by Crippen LogP contribution is 2.30. The lowest BCUT2D eigenvalue weighted by Crippen LogP contribution is -2.42. The fourth-order valence-corrected chi connectivity index (χ4v) is 2.19. The Kier molecular flexibility index (Phi) is 4.14. The van der Waals surface area contributed by atoms with Crippen molar-refractivity contribution < 1.29 is 14.3 Å². The van der Waals surface area contributed by atoms with Crippen LogP contribution in [0.25, 0.3) is 0 Å². The topological polar surface area (TPSA) is 85.9 Å². The van der Waals surface area contributed by atoms with Crippen LogP contribution in [0.1, 0.15) is 12.5 Å². The highest BCUT2D eigenvalue weighted by molar-refractivity contribution is 6.00. The molecular weight excluding hydrogens is 294 g/mol. The van der Waals surface area contributed by atoms with Gasteiger partial charge in [-0.15, -0.1) is 0 Å². The number of hydrogen-bond acceptors (Lipinski definition) is 5. The lowest BCUT2D eigenvalue weighted by molar-refractivity contribution is -0.130. The minimum Gasteiger partial charge on any atom is -0.485 e. The number of amides is 1. The number of hydrogen-bond donors (Lipinski definition) is 2. The summed E-state index contributed by atoms with van der Waals surface area (Å²) >= 11 is 0. The van der Waals surface area contributed by atoms with Crippen molar-refractivity contribution in [3.05, 3.63) is 54.1 Å². The number of carbonyl (C=O) groups is 1. The van der Waals surface area contributed by atoms with Gasteiger partial charge in [-0.25, -0.2) is 5.43 Å². The molecule has 0 fully saturated rings. The number of nitrogens with zero attached hydrogens (tertiary/aromatic N) is 1. The van der Waals surface area contributed by atoms with E-state index in [1.165, 1.54) is 0 Å². The number of benzene rings is 2. The Morgan fingerprint density at radius 2 is 2.00 bits per heavy atom. The molecule has 0 spiro atoms. The van der Waals surface area contributed by atoms with Crippen LogP contribution in [0.15, 0.2) is 53.6 Å². The highest BCUT2D eigenvalue weighted by atomic mass is 16.6. The average molecular weight is 311 g/mol. The van der Waals surface area contributed by atoms with Gasteiger partial charge in [0.2, 0.25) is 6.10 Å². The maximum atomic E-state index is 12.2. The molecule has 2 aromatic carbocycles. The summed E-state index contributed by atoms with van der Waals surface area (Å²) in [6.07, 6.45) is -0.734. The summed E-state index contributed by atoms with van der Waals surface area (Å²) < 4.78 is 11.1. The molecule has 0 aliphatic carbocycles. The van der Waals surface area contributed by atoms with Gasteiger partial charge in [-0.05, 0) is 36.8 Å². The third kappa shape index (κ3) is 3.42. The first kappa shape index (κ1) is 14.9. The second kappa shape index (κ2) is 6.39. The van der Waals surface area contributed by atoms with Crippen molar-refractivity contribution in [2.75, 3.05) is 12.3 Å². The van der Waals surface area contributed by atoms with E-state index < -0.39 is 6.10 Å². The van der Waals surface area contributed by atoms with Gasteiger partial charge in [-0.1, -0.05) is 24.3 Å². The molecule has 1 amide bonds. The zero-order chi connectivity index (χ0) is 16.2. The molecule has 118 valence electrons. The number of nitrogens with one attached hydrogen (secondary N) is 1. The normalized spacial score (nSPS) is 16.7. The Morgan fingerprint density at radius 3 is 2.78 bits per heavy atom. The molecule has 1 atom stereocenters. The summed E-state index contributed by atoms with van der Waals surface area (Å²) in [5.74, 6) is 0.828. The van der Waals surface area contributed by atoms with Gasteiger partial charge < -0.3 is 15.2 Å². The number of fused-ring (bicyclic) bond motifs is 1. The molecule has 6 heteroatoms. The summed E-state index contributed by atoms with van der Waals surface area (Å²) in [5.41, 5.74) is 10.4. The fraction of sp³-hybridized carbons (Fsp3) is 0.176. The van der Waals surface area contributed by atoms with Gasteiger partial charge in [0.15, 0.2) is 11.5 Å². The molecule has 1 aliphatic heterocycles. The van der Waals surface area contributed by atoms with Gasteiger partial charge in [0.1, 0.15) is 6.61 Å². The number of nitrogens with two attached hydrogens (primary N) is 1. The Morgan fingerprint density at radius 1 is 1.22 bits per heavy atom. The van der Waals surface area contributed by atoms with Crippen LogP contribution >= 0.6 is 0 Å². The summed E-state index contributed by atoms with van der Waals surface area (Å²) in [7, 11) is 0. The van der Waals surface area contributed by atoms with Crippen LogP contribution in [-0.4, -0.2) is 24.3 Å². The fourth-order valence-electron chi connectivity index (χ4n) is 2.19. The largest absolute Gasteiger partial charge is 0.485 e. The van der Waals surface area contributed by atoms with E-state index in [0.717, 1.165) is 5.56 Å². The van der Waals surface area contributed by atoms with Crippen molar-refractivity contribution in [2.45, 2.75) is 13.0 Å². The quantitative estimate of drug-likeness (QED) is 0.515. The van der Waals surface area contributed by atoms with Crippen LogP contribution in [0.5, 0.6) is 11.5 Å². The minimum atomic E-state index is -0.734. The first-order valence-corrected chi connectivity index (χ1v) is 7.22. The van der Waals surface area contributed by atoms with Crippen molar-refractivity contribution >= 4 is 17.3 Å². The Hall–Kier alpha value is -3.02. The van der Waals surface area contributed by atoms with E-state index in [0.29, 0.717) is 22.9 Å². The number of hydrazone groups is 1. The SMILES string of the molecule is C/C(=N\NC(=O)C1COc2ccccc2O1)c1cccc(N)c1. The Bertz CT molecular complexity index is 758. The van der Waals surface area contributed by atoms with Crippen molar-refractivity contribution in [1.82, 2.24) is 5.43 Å². The van der Waals surface area contributed by atoms with Crippen LogP contribution in [0, 0.1) is 0 Å². The second-order valence-electron chi connectivity index (χ2n) is 5.16. The van der Waals surface area contributed by atoms with Gasteiger partial charge in [-0.2, -0.15) is 5.10 Å². The van der Waals surface area contributed by atoms with Crippen molar-refractivity contribution in [3.63, 3.8) is 0 Å². The number of ether oxygens (including phenoxy) is 2. The molecule has 1 unspecified atom stereocenters. The Balaban J connectivity index is 1.65. The Labute approximate surface area is 133 Å². The summed E-state index contributed by atoms with van der Waals surface area (Å²) in [6.45, 7) is 1.94. The summed E-state index contributed by atoms with van der Waals surface area (Å²) in [5, 5.41) is 4.09. The number of nitrogen functional groups attached to an aromatic ring is 1. The number of anilines is 1. The molecule has 0 aromatic heterocycles. The van der Waals surface area contributed by atoms with Crippen molar-refractivity contribution in [1.29, 1.82) is 0 Å². The van der Waals surface area contributed by atoms with Crippen LogP contribution < -0.4 is 20.6 Å². The molecule has 23 heavy (non-hydrogen) atoms. The lowest BCUT2D eigenvalue weighted by atomic mass is 10.1. The first-order valence-electron chi connectivity index (χ1n) is 7.22. The molecule has 3 N–H and O–H groups in total. The highest BCUT2D eigenvalue weighted by Gasteiger charge is 2.27. The molecule has 2 aromatic rings. The van der Waals surface area contributed by atoms with E-state index in [4.69, 9.17) is 15.2 Å². The molecule has 6 nitrogen and oxygen atoms in total. The van der Waals surface area contributed by atoms with Crippen LogP contribution in [-0.2, 0) is 4.79 Å². The third-order valence-electron chi connectivity index (χ3n) is 3.44. The van der Waals surface area contributed by atoms with Crippen LogP contribution in [0.3, 0.4) is 0 Å². The van der Waals surface area contributed by atoms with Gasteiger partial charge in [0.05, 0.1) is 5.71 Å². The minimum absolute atomic E-state index is 0.149. The monoisotopic (exact) mass is 311 g/mol. The lowest BCUT2D eigenvalue weighted by Gasteiger charge is -2.24. The predicted octanol–water partition coefficient (Wildman–Crippen LogP) is 1.95. The smallest absolute Gasteiger partial charge is 0.284 e. The van der Waals surface area contributed by atoms with Crippen LogP contribution in [0.4, 0.5) is 5.69 Å². The molecule has 0 radical (unpaired) electrons. The molecule has 0 saturated heterocycles. The van der Waals surface area contributed by atoms with E-state index in [1.807, 2.05) is 24.3 Å². The van der Waals surface area contributed by atoms with Gasteiger partial charge in [0.25, 0.3) is 5.91 Å². The second-order valence-corrected chi connectivity index (χ2v) is 5.16. The zero-order valence-electron chi connectivity index (χ0n) is 12.7.